The number of phenols is 1. The van der Waals surface area contributed by atoms with Crippen molar-refractivity contribution in [3.63, 3.8) is 0 Å². The number of aromatic hydroxyl groups is 1. The molecule has 0 unspecified atom stereocenters. The van der Waals surface area contributed by atoms with E-state index in [9.17, 15) is 9.90 Å². The van der Waals surface area contributed by atoms with Gasteiger partial charge in [-0.05, 0) is 24.3 Å². The Labute approximate surface area is 117 Å². The van der Waals surface area contributed by atoms with Gasteiger partial charge in [0.05, 0.1) is 16.9 Å². The number of nitrogens with zero attached hydrogens (tertiary/aromatic N) is 2. The lowest BCUT2D eigenvalue weighted by atomic mass is 10.1. The summed E-state index contributed by atoms with van der Waals surface area (Å²) in [5.41, 5.74) is 2.25. The number of amides is 1. The summed E-state index contributed by atoms with van der Waals surface area (Å²) in [6, 6.07) is 14.5. The molecule has 4 heteroatoms. The van der Waals surface area contributed by atoms with Crippen LogP contribution >= 0.6 is 0 Å². The van der Waals surface area contributed by atoms with Crippen molar-refractivity contribution in [1.29, 1.82) is 0 Å². The molecule has 0 spiro atoms. The quantitative estimate of drug-likeness (QED) is 0.864. The monoisotopic (exact) mass is 268 g/mol. The second kappa shape index (κ2) is 4.89. The second-order valence-electron chi connectivity index (χ2n) is 4.88. The molecule has 0 atom stereocenters. The summed E-state index contributed by atoms with van der Waals surface area (Å²) >= 11 is 0. The maximum absolute atomic E-state index is 12.6. The van der Waals surface area contributed by atoms with Crippen LogP contribution in [0, 0.1) is 0 Å². The van der Waals surface area contributed by atoms with Crippen LogP contribution in [0.5, 0.6) is 5.75 Å². The van der Waals surface area contributed by atoms with Crippen LogP contribution in [0.15, 0.2) is 48.5 Å². The van der Waals surface area contributed by atoms with Crippen molar-refractivity contribution < 1.29 is 9.90 Å². The molecule has 2 aromatic carbocycles. The zero-order valence-corrected chi connectivity index (χ0v) is 11.3. The maximum Gasteiger partial charge on any atom is 0.262 e. The number of benzene rings is 2. The smallest absolute Gasteiger partial charge is 0.262 e. The third kappa shape index (κ3) is 1.99. The zero-order valence-electron chi connectivity index (χ0n) is 11.3. The van der Waals surface area contributed by atoms with Gasteiger partial charge in [-0.15, -0.1) is 0 Å². The number of carbonyl (C=O) groups excluding carboxylic acids is 1. The number of likely N-dealkylation sites (N-methyl/N-ethyl adjacent to an activating group) is 1. The van der Waals surface area contributed by atoms with E-state index in [2.05, 4.69) is 4.90 Å². The molecule has 1 aliphatic rings. The van der Waals surface area contributed by atoms with E-state index in [0.29, 0.717) is 12.1 Å². The van der Waals surface area contributed by atoms with Gasteiger partial charge in [-0.25, -0.2) is 0 Å². The number of carbonyl (C=O) groups is 1. The first kappa shape index (κ1) is 12.5. The fourth-order valence-corrected chi connectivity index (χ4v) is 2.52. The molecule has 0 saturated heterocycles. The number of hydrogen-bond donors (Lipinski definition) is 1. The molecule has 2 aromatic rings. The first-order valence-corrected chi connectivity index (χ1v) is 6.58. The Balaban J connectivity index is 2.02. The van der Waals surface area contributed by atoms with Gasteiger partial charge in [0.15, 0.2) is 0 Å². The summed E-state index contributed by atoms with van der Waals surface area (Å²) in [6.07, 6.45) is 0. The second-order valence-corrected chi connectivity index (χ2v) is 4.88. The van der Waals surface area contributed by atoms with E-state index in [-0.39, 0.29) is 11.7 Å². The molecule has 0 bridgehead atoms. The van der Waals surface area contributed by atoms with Crippen molar-refractivity contribution in [3.8, 4) is 5.75 Å². The molecule has 4 nitrogen and oxygen atoms in total. The van der Waals surface area contributed by atoms with Crippen LogP contribution < -0.4 is 9.80 Å². The summed E-state index contributed by atoms with van der Waals surface area (Å²) in [5, 5.41) is 9.85. The van der Waals surface area contributed by atoms with E-state index in [1.165, 1.54) is 6.07 Å². The van der Waals surface area contributed by atoms with Gasteiger partial charge in [0.25, 0.3) is 5.91 Å². The van der Waals surface area contributed by atoms with Crippen molar-refractivity contribution in [3.05, 3.63) is 54.1 Å². The van der Waals surface area contributed by atoms with Gasteiger partial charge in [0, 0.05) is 20.1 Å². The molecular formula is C16H16N2O2. The lowest BCUT2D eigenvalue weighted by Gasteiger charge is -2.35. The number of para-hydroxylation sites is 3. The van der Waals surface area contributed by atoms with Gasteiger partial charge in [-0.2, -0.15) is 0 Å². The molecule has 3 rings (SSSR count). The molecule has 102 valence electrons. The largest absolute Gasteiger partial charge is 0.507 e. The normalized spacial score (nSPS) is 14.1. The Kier molecular flexibility index (Phi) is 3.06. The van der Waals surface area contributed by atoms with Crippen molar-refractivity contribution in [2.24, 2.45) is 0 Å². The van der Waals surface area contributed by atoms with Crippen LogP contribution in [0.1, 0.15) is 10.4 Å². The molecule has 20 heavy (non-hydrogen) atoms. The highest BCUT2D eigenvalue weighted by atomic mass is 16.3. The standard InChI is InChI=1S/C16H16N2O2/c1-17-10-11-18(14-8-4-3-7-13(14)17)16(20)12-6-2-5-9-15(12)19/h2-9,19H,10-11H2,1H3. The van der Waals surface area contributed by atoms with Crippen molar-refractivity contribution in [2.75, 3.05) is 29.9 Å². The predicted molar refractivity (Wildman–Crippen MR) is 79.5 cm³/mol. The predicted octanol–water partition coefficient (Wildman–Crippen LogP) is 2.49. The minimum absolute atomic E-state index is 0.0221. The lowest BCUT2D eigenvalue weighted by molar-refractivity contribution is 0.0984. The zero-order chi connectivity index (χ0) is 14.1. The minimum atomic E-state index is -0.163. The van der Waals surface area contributed by atoms with Crippen LogP contribution in [0.4, 0.5) is 11.4 Å². The Hall–Kier alpha value is -2.49. The molecule has 1 heterocycles. The molecule has 1 N–H and O–H groups in total. The topological polar surface area (TPSA) is 43.8 Å². The molecule has 1 aliphatic heterocycles. The van der Waals surface area contributed by atoms with Crippen LogP contribution in [0.25, 0.3) is 0 Å². The van der Waals surface area contributed by atoms with E-state index in [4.69, 9.17) is 0 Å². The van der Waals surface area contributed by atoms with Gasteiger partial charge in [0.2, 0.25) is 0 Å². The number of rotatable bonds is 1. The highest BCUT2D eigenvalue weighted by Gasteiger charge is 2.26. The van der Waals surface area contributed by atoms with Gasteiger partial charge < -0.3 is 14.9 Å². The summed E-state index contributed by atoms with van der Waals surface area (Å²) in [6.45, 7) is 1.39. The number of hydrogen-bond acceptors (Lipinski definition) is 3. The molecule has 0 fully saturated rings. The fourth-order valence-electron chi connectivity index (χ4n) is 2.52. The maximum atomic E-state index is 12.6. The summed E-state index contributed by atoms with van der Waals surface area (Å²) in [7, 11) is 2.01. The molecule has 0 aliphatic carbocycles. The highest BCUT2D eigenvalue weighted by molar-refractivity contribution is 6.09. The van der Waals surface area contributed by atoms with E-state index in [0.717, 1.165) is 17.9 Å². The molecule has 0 aromatic heterocycles. The molecule has 0 saturated carbocycles. The fraction of sp³-hybridized carbons (Fsp3) is 0.188. The van der Waals surface area contributed by atoms with Crippen molar-refractivity contribution >= 4 is 17.3 Å². The number of fused-ring (bicyclic) bond motifs is 1. The number of phenolic OH excluding ortho intramolecular Hbond substituents is 1. The Bertz CT molecular complexity index is 654. The average molecular weight is 268 g/mol. The van der Waals surface area contributed by atoms with Gasteiger partial charge in [-0.1, -0.05) is 24.3 Å². The lowest BCUT2D eigenvalue weighted by Crippen LogP contribution is -2.42. The van der Waals surface area contributed by atoms with Crippen molar-refractivity contribution in [2.45, 2.75) is 0 Å². The third-order valence-corrected chi connectivity index (χ3v) is 3.62. The third-order valence-electron chi connectivity index (χ3n) is 3.62. The van der Waals surface area contributed by atoms with Crippen molar-refractivity contribution in [1.82, 2.24) is 0 Å². The highest BCUT2D eigenvalue weighted by Crippen LogP contribution is 2.33. The summed E-state index contributed by atoms with van der Waals surface area (Å²) < 4.78 is 0. The van der Waals surface area contributed by atoms with Gasteiger partial charge >= 0.3 is 0 Å². The summed E-state index contributed by atoms with van der Waals surface area (Å²) in [4.78, 5) is 16.5. The van der Waals surface area contributed by atoms with Crippen LogP contribution in [0.2, 0.25) is 0 Å². The van der Waals surface area contributed by atoms with E-state index in [1.807, 2.05) is 31.3 Å². The minimum Gasteiger partial charge on any atom is -0.507 e. The van der Waals surface area contributed by atoms with Crippen LogP contribution in [-0.4, -0.2) is 31.2 Å². The van der Waals surface area contributed by atoms with E-state index < -0.39 is 0 Å². The van der Waals surface area contributed by atoms with Crippen LogP contribution in [0.3, 0.4) is 0 Å². The SMILES string of the molecule is CN1CCN(C(=O)c2ccccc2O)c2ccccc21. The molecule has 1 amide bonds. The number of anilines is 2. The van der Waals surface area contributed by atoms with E-state index >= 15 is 0 Å². The summed E-state index contributed by atoms with van der Waals surface area (Å²) in [5.74, 6) is -0.141. The average Bonchev–Trinajstić information content (AvgIpc) is 2.48. The first-order chi connectivity index (χ1) is 9.68. The Morgan fingerprint density at radius 2 is 1.65 bits per heavy atom. The molecular weight excluding hydrogens is 252 g/mol. The van der Waals surface area contributed by atoms with Gasteiger partial charge in [0.1, 0.15) is 5.75 Å². The molecule has 0 radical (unpaired) electrons. The van der Waals surface area contributed by atoms with E-state index in [1.54, 1.807) is 23.1 Å². The Morgan fingerprint density at radius 1 is 1.00 bits per heavy atom. The first-order valence-electron chi connectivity index (χ1n) is 6.58. The van der Waals surface area contributed by atoms with Gasteiger partial charge in [-0.3, -0.25) is 4.79 Å². The Morgan fingerprint density at radius 3 is 2.40 bits per heavy atom. The van der Waals surface area contributed by atoms with Crippen LogP contribution in [-0.2, 0) is 0 Å².